The molecule has 3 aromatic rings. The van der Waals surface area contributed by atoms with Gasteiger partial charge in [-0.15, -0.1) is 0 Å². The third-order valence-electron chi connectivity index (χ3n) is 3.33. The van der Waals surface area contributed by atoms with Gasteiger partial charge in [-0.05, 0) is 30.2 Å². The van der Waals surface area contributed by atoms with Crippen LogP contribution in [0.25, 0.3) is 11.0 Å². The predicted molar refractivity (Wildman–Crippen MR) is 83.9 cm³/mol. The summed E-state index contributed by atoms with van der Waals surface area (Å²) in [6.07, 6.45) is 0.928. The Hall–Kier alpha value is -1.78. The van der Waals surface area contributed by atoms with Crippen LogP contribution in [0.2, 0.25) is 0 Å². The molecule has 3 nitrogen and oxygen atoms in total. The van der Waals surface area contributed by atoms with Crippen LogP contribution in [-0.4, -0.2) is 9.97 Å². The number of nitrogens with zero attached hydrogens (tertiary/aromatic N) is 1. The van der Waals surface area contributed by atoms with Gasteiger partial charge in [0.15, 0.2) is 5.16 Å². The van der Waals surface area contributed by atoms with E-state index in [1.165, 1.54) is 10.5 Å². The molecule has 0 saturated carbocycles. The van der Waals surface area contributed by atoms with E-state index in [2.05, 4.69) is 29.0 Å². The molecule has 3 rings (SSSR count). The summed E-state index contributed by atoms with van der Waals surface area (Å²) >= 11 is 1.64. The highest BCUT2D eigenvalue weighted by molar-refractivity contribution is 7.99. The number of aromatic nitrogens is 2. The van der Waals surface area contributed by atoms with Crippen LogP contribution in [0.3, 0.4) is 0 Å². The highest BCUT2D eigenvalue weighted by Crippen LogP contribution is 2.32. The third kappa shape index (κ3) is 2.57. The second kappa shape index (κ2) is 5.69. The van der Waals surface area contributed by atoms with E-state index in [1.54, 1.807) is 11.8 Å². The predicted octanol–water partition coefficient (Wildman–Crippen LogP) is 4.12. The highest BCUT2D eigenvalue weighted by Gasteiger charge is 2.11. The van der Waals surface area contributed by atoms with E-state index in [4.69, 9.17) is 5.73 Å². The summed E-state index contributed by atoms with van der Waals surface area (Å²) in [6, 6.07) is 16.4. The van der Waals surface area contributed by atoms with Crippen molar-refractivity contribution in [2.75, 3.05) is 0 Å². The lowest BCUT2D eigenvalue weighted by atomic mass is 10.1. The zero-order chi connectivity index (χ0) is 13.9. The van der Waals surface area contributed by atoms with Crippen molar-refractivity contribution in [3.63, 3.8) is 0 Å². The quantitative estimate of drug-likeness (QED) is 0.757. The number of para-hydroxylation sites is 2. The summed E-state index contributed by atoms with van der Waals surface area (Å²) in [4.78, 5) is 9.11. The van der Waals surface area contributed by atoms with Crippen LogP contribution >= 0.6 is 11.8 Å². The average molecular weight is 283 g/mol. The van der Waals surface area contributed by atoms with E-state index in [-0.39, 0.29) is 6.04 Å². The molecule has 4 heteroatoms. The Kier molecular flexibility index (Phi) is 3.76. The number of aromatic amines is 1. The van der Waals surface area contributed by atoms with Gasteiger partial charge >= 0.3 is 0 Å². The van der Waals surface area contributed by atoms with Gasteiger partial charge in [0.05, 0.1) is 11.0 Å². The van der Waals surface area contributed by atoms with Crippen molar-refractivity contribution in [2.24, 2.45) is 5.73 Å². The van der Waals surface area contributed by atoms with Gasteiger partial charge in [0.25, 0.3) is 0 Å². The Morgan fingerprint density at radius 1 is 1.15 bits per heavy atom. The molecule has 0 radical (unpaired) electrons. The number of nitrogens with two attached hydrogens (primary N) is 1. The first-order chi connectivity index (χ1) is 9.78. The Labute approximate surface area is 122 Å². The summed E-state index contributed by atoms with van der Waals surface area (Å²) < 4.78 is 0. The van der Waals surface area contributed by atoms with Gasteiger partial charge in [0.2, 0.25) is 0 Å². The fourth-order valence-corrected chi connectivity index (χ4v) is 3.18. The van der Waals surface area contributed by atoms with Crippen LogP contribution in [0.1, 0.15) is 24.9 Å². The van der Waals surface area contributed by atoms with Gasteiger partial charge in [-0.2, -0.15) is 0 Å². The van der Waals surface area contributed by atoms with Crippen LogP contribution < -0.4 is 5.73 Å². The van der Waals surface area contributed by atoms with Crippen molar-refractivity contribution < 1.29 is 0 Å². The molecular weight excluding hydrogens is 266 g/mol. The topological polar surface area (TPSA) is 54.7 Å². The summed E-state index contributed by atoms with van der Waals surface area (Å²) in [7, 11) is 0. The molecule has 1 unspecified atom stereocenters. The number of imidazole rings is 1. The van der Waals surface area contributed by atoms with Gasteiger partial charge in [0, 0.05) is 10.9 Å². The maximum absolute atomic E-state index is 6.18. The lowest BCUT2D eigenvalue weighted by molar-refractivity contribution is 0.685. The Balaban J connectivity index is 1.94. The van der Waals surface area contributed by atoms with E-state index < -0.39 is 0 Å². The van der Waals surface area contributed by atoms with Crippen LogP contribution in [0.15, 0.2) is 58.6 Å². The smallest absolute Gasteiger partial charge is 0.171 e. The van der Waals surface area contributed by atoms with E-state index in [1.807, 2.05) is 36.4 Å². The maximum atomic E-state index is 6.18. The summed E-state index contributed by atoms with van der Waals surface area (Å²) in [5, 5.41) is 0.905. The van der Waals surface area contributed by atoms with Gasteiger partial charge in [-0.3, -0.25) is 0 Å². The number of fused-ring (bicyclic) bond motifs is 1. The molecule has 1 aromatic heterocycles. The van der Waals surface area contributed by atoms with Gasteiger partial charge in [-0.25, -0.2) is 4.98 Å². The van der Waals surface area contributed by atoms with Crippen LogP contribution in [0.5, 0.6) is 0 Å². The van der Waals surface area contributed by atoms with Crippen molar-refractivity contribution in [1.29, 1.82) is 0 Å². The SMILES string of the molecule is CCC(N)c1ccccc1Sc1nc2ccccc2[nH]1. The molecular formula is C16H17N3S. The molecule has 0 aliphatic rings. The molecule has 0 aliphatic carbocycles. The fourth-order valence-electron chi connectivity index (χ4n) is 2.18. The molecule has 0 spiro atoms. The van der Waals surface area contributed by atoms with Gasteiger partial charge < -0.3 is 10.7 Å². The van der Waals surface area contributed by atoms with E-state index >= 15 is 0 Å². The molecule has 0 amide bonds. The first-order valence-electron chi connectivity index (χ1n) is 6.75. The second-order valence-corrected chi connectivity index (χ2v) is 5.74. The molecule has 1 heterocycles. The molecule has 2 aromatic carbocycles. The number of rotatable bonds is 4. The van der Waals surface area contributed by atoms with Crippen molar-refractivity contribution in [1.82, 2.24) is 9.97 Å². The number of hydrogen-bond acceptors (Lipinski definition) is 3. The van der Waals surface area contributed by atoms with E-state index in [0.29, 0.717) is 0 Å². The first-order valence-corrected chi connectivity index (χ1v) is 7.56. The molecule has 0 bridgehead atoms. The Bertz CT molecular complexity index is 687. The van der Waals surface area contributed by atoms with Crippen LogP contribution in [0, 0.1) is 0 Å². The number of nitrogens with one attached hydrogen (secondary N) is 1. The van der Waals surface area contributed by atoms with Crippen molar-refractivity contribution >= 4 is 22.8 Å². The summed E-state index contributed by atoms with van der Waals surface area (Å²) in [5.41, 5.74) is 9.42. The van der Waals surface area contributed by atoms with Crippen LogP contribution in [-0.2, 0) is 0 Å². The minimum absolute atomic E-state index is 0.0723. The van der Waals surface area contributed by atoms with E-state index in [0.717, 1.165) is 22.6 Å². The lowest BCUT2D eigenvalue weighted by Gasteiger charge is -2.13. The standard InChI is InChI=1S/C16H17N3S/c1-2-12(17)11-7-3-6-10-15(11)20-16-18-13-8-4-5-9-14(13)19-16/h3-10,12H,2,17H2,1H3,(H,18,19). The average Bonchev–Trinajstić information content (AvgIpc) is 2.89. The molecule has 20 heavy (non-hydrogen) atoms. The largest absolute Gasteiger partial charge is 0.333 e. The first kappa shape index (κ1) is 13.2. The van der Waals surface area contributed by atoms with Crippen molar-refractivity contribution in [3.05, 3.63) is 54.1 Å². The Morgan fingerprint density at radius 2 is 1.90 bits per heavy atom. The molecule has 1 atom stereocenters. The monoisotopic (exact) mass is 283 g/mol. The normalized spacial score (nSPS) is 12.7. The number of hydrogen-bond donors (Lipinski definition) is 2. The summed E-state index contributed by atoms with van der Waals surface area (Å²) in [6.45, 7) is 2.10. The molecule has 3 N–H and O–H groups in total. The second-order valence-electron chi connectivity index (χ2n) is 4.71. The van der Waals surface area contributed by atoms with Crippen LogP contribution in [0.4, 0.5) is 0 Å². The highest BCUT2D eigenvalue weighted by atomic mass is 32.2. The lowest BCUT2D eigenvalue weighted by Crippen LogP contribution is -2.09. The number of benzene rings is 2. The van der Waals surface area contributed by atoms with Crippen molar-refractivity contribution in [2.45, 2.75) is 29.4 Å². The van der Waals surface area contributed by atoms with Gasteiger partial charge in [-0.1, -0.05) is 49.0 Å². The zero-order valence-electron chi connectivity index (χ0n) is 11.3. The minimum Gasteiger partial charge on any atom is -0.333 e. The fraction of sp³-hybridized carbons (Fsp3) is 0.188. The summed E-state index contributed by atoms with van der Waals surface area (Å²) in [5.74, 6) is 0. The van der Waals surface area contributed by atoms with Gasteiger partial charge in [0.1, 0.15) is 0 Å². The molecule has 0 aliphatic heterocycles. The molecule has 0 fully saturated rings. The number of H-pyrrole nitrogens is 1. The zero-order valence-corrected chi connectivity index (χ0v) is 12.2. The van der Waals surface area contributed by atoms with E-state index in [9.17, 15) is 0 Å². The minimum atomic E-state index is 0.0723. The Morgan fingerprint density at radius 3 is 2.70 bits per heavy atom. The molecule has 102 valence electrons. The maximum Gasteiger partial charge on any atom is 0.171 e. The third-order valence-corrected chi connectivity index (χ3v) is 4.31. The molecule has 0 saturated heterocycles. The van der Waals surface area contributed by atoms with Crippen molar-refractivity contribution in [3.8, 4) is 0 Å².